The minimum Gasteiger partial charge on any atom is -0.465 e. The molecule has 0 spiro atoms. The van der Waals surface area contributed by atoms with Gasteiger partial charge in [0.15, 0.2) is 0 Å². The number of rotatable bonds is 4. The van der Waals surface area contributed by atoms with Crippen LogP contribution in [-0.2, 0) is 6.54 Å². The van der Waals surface area contributed by atoms with E-state index in [0.29, 0.717) is 23.1 Å². The molecule has 0 saturated carbocycles. The number of carbonyl (C=O) groups is 1. The van der Waals surface area contributed by atoms with Crippen LogP contribution in [0.25, 0.3) is 10.9 Å². The zero-order chi connectivity index (χ0) is 18.0. The van der Waals surface area contributed by atoms with Crippen molar-refractivity contribution in [2.45, 2.75) is 25.4 Å². The fraction of sp³-hybridized carbons (Fsp3) is 0.412. The smallest absolute Gasteiger partial charge is 0.404 e. The molecule has 0 unspecified atom stereocenters. The summed E-state index contributed by atoms with van der Waals surface area (Å²) in [7, 11) is 0. The summed E-state index contributed by atoms with van der Waals surface area (Å²) in [6.45, 7) is 2.65. The number of pyridine rings is 1. The van der Waals surface area contributed by atoms with E-state index in [1.54, 1.807) is 10.6 Å². The molecule has 8 heteroatoms. The number of halogens is 2. The average Bonchev–Trinajstić information content (AvgIpc) is 2.54. The SMILES string of the molecule is O=C(O)NC1CCN(CCn2c(=O)ccc3c(Br)cc(F)cc32)CC1. The molecule has 3 rings (SSSR count). The number of likely N-dealkylation sites (tertiary alicyclic amines) is 1. The summed E-state index contributed by atoms with van der Waals surface area (Å²) < 4.78 is 16.0. The molecule has 1 aliphatic heterocycles. The first-order valence-corrected chi connectivity index (χ1v) is 8.94. The largest absolute Gasteiger partial charge is 0.465 e. The molecule has 1 amide bonds. The number of piperidine rings is 1. The number of fused-ring (bicyclic) bond motifs is 1. The zero-order valence-corrected chi connectivity index (χ0v) is 15.1. The van der Waals surface area contributed by atoms with Crippen molar-refractivity contribution in [2.75, 3.05) is 19.6 Å². The summed E-state index contributed by atoms with van der Waals surface area (Å²) in [5, 5.41) is 12.1. The Balaban J connectivity index is 1.71. The molecule has 2 N–H and O–H groups in total. The van der Waals surface area contributed by atoms with Gasteiger partial charge in [0.1, 0.15) is 5.82 Å². The van der Waals surface area contributed by atoms with E-state index in [1.165, 1.54) is 18.2 Å². The zero-order valence-electron chi connectivity index (χ0n) is 13.5. The van der Waals surface area contributed by atoms with Crippen LogP contribution in [0.15, 0.2) is 33.5 Å². The second-order valence-electron chi connectivity index (χ2n) is 6.21. The van der Waals surface area contributed by atoms with E-state index in [9.17, 15) is 14.0 Å². The van der Waals surface area contributed by atoms with Crippen LogP contribution < -0.4 is 10.9 Å². The summed E-state index contributed by atoms with van der Waals surface area (Å²) in [5.74, 6) is -0.390. The molecule has 2 heterocycles. The minimum absolute atomic E-state index is 0.0147. The summed E-state index contributed by atoms with van der Waals surface area (Å²) in [5.41, 5.74) is 0.411. The number of nitrogens with zero attached hydrogens (tertiary/aromatic N) is 2. The van der Waals surface area contributed by atoms with Crippen molar-refractivity contribution < 1.29 is 14.3 Å². The Morgan fingerprint density at radius 2 is 2.00 bits per heavy atom. The highest BCUT2D eigenvalue weighted by Gasteiger charge is 2.20. The normalized spacial score (nSPS) is 16.2. The fourth-order valence-corrected chi connectivity index (χ4v) is 3.82. The summed E-state index contributed by atoms with van der Waals surface area (Å²) in [4.78, 5) is 25.1. The van der Waals surface area contributed by atoms with Crippen LogP contribution in [0.2, 0.25) is 0 Å². The Morgan fingerprint density at radius 3 is 2.68 bits per heavy atom. The molecular weight excluding hydrogens is 393 g/mol. The lowest BCUT2D eigenvalue weighted by atomic mass is 10.1. The van der Waals surface area contributed by atoms with Crippen molar-refractivity contribution in [1.82, 2.24) is 14.8 Å². The van der Waals surface area contributed by atoms with E-state index in [1.807, 2.05) is 0 Å². The van der Waals surface area contributed by atoms with Gasteiger partial charge in [-0.15, -0.1) is 0 Å². The van der Waals surface area contributed by atoms with Crippen LogP contribution >= 0.6 is 15.9 Å². The van der Waals surface area contributed by atoms with Gasteiger partial charge in [0.2, 0.25) is 0 Å². The Bertz CT molecular complexity index is 847. The highest BCUT2D eigenvalue weighted by Crippen LogP contribution is 2.24. The highest BCUT2D eigenvalue weighted by molar-refractivity contribution is 9.10. The first kappa shape index (κ1) is 17.9. The van der Waals surface area contributed by atoms with Crippen molar-refractivity contribution >= 4 is 32.9 Å². The first-order chi connectivity index (χ1) is 11.9. The lowest BCUT2D eigenvalue weighted by Crippen LogP contribution is -2.45. The van der Waals surface area contributed by atoms with Crippen LogP contribution in [0.4, 0.5) is 9.18 Å². The van der Waals surface area contributed by atoms with Gasteiger partial charge in [-0.2, -0.15) is 0 Å². The lowest BCUT2D eigenvalue weighted by Gasteiger charge is -2.31. The van der Waals surface area contributed by atoms with E-state index >= 15 is 0 Å². The summed E-state index contributed by atoms with van der Waals surface area (Å²) in [6, 6.07) is 5.94. The van der Waals surface area contributed by atoms with Crippen LogP contribution in [0.3, 0.4) is 0 Å². The molecule has 0 bridgehead atoms. The Labute approximate surface area is 152 Å². The molecule has 1 aromatic heterocycles. The van der Waals surface area contributed by atoms with Gasteiger partial charge in [-0.25, -0.2) is 9.18 Å². The summed E-state index contributed by atoms with van der Waals surface area (Å²) in [6.07, 6.45) is 0.502. The maximum absolute atomic E-state index is 13.7. The van der Waals surface area contributed by atoms with E-state index in [0.717, 1.165) is 31.3 Å². The first-order valence-electron chi connectivity index (χ1n) is 8.14. The number of hydrogen-bond acceptors (Lipinski definition) is 3. The Morgan fingerprint density at radius 1 is 1.28 bits per heavy atom. The number of carboxylic acid groups (broad SMARTS) is 1. The van der Waals surface area contributed by atoms with Gasteiger partial charge < -0.3 is 19.9 Å². The molecule has 2 aromatic rings. The number of benzene rings is 1. The molecule has 0 radical (unpaired) electrons. The maximum atomic E-state index is 13.7. The number of hydrogen-bond donors (Lipinski definition) is 2. The van der Waals surface area contributed by atoms with Gasteiger partial charge in [0, 0.05) is 48.1 Å². The lowest BCUT2D eigenvalue weighted by molar-refractivity contribution is 0.166. The second kappa shape index (κ2) is 7.53. The van der Waals surface area contributed by atoms with Crippen molar-refractivity contribution in [1.29, 1.82) is 0 Å². The molecule has 1 aliphatic rings. The quantitative estimate of drug-likeness (QED) is 0.810. The Hall–Kier alpha value is -1.93. The van der Waals surface area contributed by atoms with E-state index < -0.39 is 6.09 Å². The van der Waals surface area contributed by atoms with Crippen LogP contribution in [0.5, 0.6) is 0 Å². The molecule has 25 heavy (non-hydrogen) atoms. The van der Waals surface area contributed by atoms with Gasteiger partial charge >= 0.3 is 6.09 Å². The monoisotopic (exact) mass is 411 g/mol. The molecule has 0 atom stereocenters. The van der Waals surface area contributed by atoms with E-state index in [2.05, 4.69) is 26.1 Å². The van der Waals surface area contributed by atoms with Gasteiger partial charge in [-0.05, 0) is 47.0 Å². The minimum atomic E-state index is -0.992. The van der Waals surface area contributed by atoms with Crippen molar-refractivity contribution in [2.24, 2.45) is 0 Å². The van der Waals surface area contributed by atoms with Gasteiger partial charge in [0.05, 0.1) is 5.52 Å². The summed E-state index contributed by atoms with van der Waals surface area (Å²) >= 11 is 3.34. The van der Waals surface area contributed by atoms with Gasteiger partial charge in [-0.3, -0.25) is 4.79 Å². The van der Waals surface area contributed by atoms with E-state index in [-0.39, 0.29) is 17.4 Å². The predicted octanol–water partition coefficient (Wildman–Crippen LogP) is 2.64. The van der Waals surface area contributed by atoms with Crippen LogP contribution in [0.1, 0.15) is 12.8 Å². The molecule has 0 aliphatic carbocycles. The highest BCUT2D eigenvalue weighted by atomic mass is 79.9. The van der Waals surface area contributed by atoms with Crippen LogP contribution in [0, 0.1) is 5.82 Å². The molecule has 1 fully saturated rings. The van der Waals surface area contributed by atoms with Crippen molar-refractivity contribution in [3.63, 3.8) is 0 Å². The van der Waals surface area contributed by atoms with Crippen molar-refractivity contribution in [3.05, 3.63) is 44.9 Å². The molecule has 134 valence electrons. The standard InChI is InChI=1S/C17H19BrFN3O3/c18-14-9-11(19)10-15-13(14)1-2-16(23)22(15)8-7-21-5-3-12(4-6-21)20-17(24)25/h1-2,9-10,12,20H,3-8H2,(H,24,25). The predicted molar refractivity (Wildman–Crippen MR) is 96.5 cm³/mol. The second-order valence-corrected chi connectivity index (χ2v) is 7.06. The topological polar surface area (TPSA) is 74.6 Å². The third-order valence-corrected chi connectivity index (χ3v) is 5.23. The van der Waals surface area contributed by atoms with Crippen LogP contribution in [-0.4, -0.2) is 46.3 Å². The third kappa shape index (κ3) is 4.19. The van der Waals surface area contributed by atoms with E-state index in [4.69, 9.17) is 5.11 Å². The van der Waals surface area contributed by atoms with Crippen molar-refractivity contribution in [3.8, 4) is 0 Å². The maximum Gasteiger partial charge on any atom is 0.404 e. The number of aromatic nitrogens is 1. The third-order valence-electron chi connectivity index (χ3n) is 4.58. The average molecular weight is 412 g/mol. The molecule has 6 nitrogen and oxygen atoms in total. The van der Waals surface area contributed by atoms with Gasteiger partial charge in [0.25, 0.3) is 5.56 Å². The fourth-order valence-electron chi connectivity index (χ4n) is 3.27. The van der Waals surface area contributed by atoms with Gasteiger partial charge in [-0.1, -0.05) is 0 Å². The molecule has 1 saturated heterocycles. The number of nitrogens with one attached hydrogen (secondary N) is 1. The number of amides is 1. The molecule has 1 aromatic carbocycles. The molecular formula is C17H19BrFN3O3. The Kier molecular flexibility index (Phi) is 5.39.